The molecule has 0 saturated carbocycles. The van der Waals surface area contributed by atoms with Crippen LogP contribution in [0.5, 0.6) is 0 Å². The number of aliphatic hydroxyl groups is 1. The highest BCUT2D eigenvalue weighted by molar-refractivity contribution is 4.89. The summed E-state index contributed by atoms with van der Waals surface area (Å²) in [6, 6.07) is 0.395. The molecule has 3 heteroatoms. The molecule has 1 saturated heterocycles. The summed E-state index contributed by atoms with van der Waals surface area (Å²) in [6.07, 6.45) is 4.79. The van der Waals surface area contributed by atoms with Crippen molar-refractivity contribution in [2.75, 3.05) is 26.2 Å². The maximum absolute atomic E-state index is 9.48. The Kier molecular flexibility index (Phi) is 6.28. The maximum Gasteiger partial charge on any atom is 0.0586 e. The third kappa shape index (κ3) is 5.05. The molecule has 1 unspecified atom stereocenters. The molecule has 114 valence electrons. The van der Waals surface area contributed by atoms with Crippen molar-refractivity contribution in [2.45, 2.75) is 71.9 Å². The van der Waals surface area contributed by atoms with Crippen LogP contribution in [0.25, 0.3) is 0 Å². The smallest absolute Gasteiger partial charge is 0.0586 e. The van der Waals surface area contributed by atoms with Gasteiger partial charge in [-0.05, 0) is 58.4 Å². The zero-order chi connectivity index (χ0) is 14.5. The first kappa shape index (κ1) is 16.9. The predicted molar refractivity (Wildman–Crippen MR) is 82.5 cm³/mol. The standard InChI is InChI=1S/C16H34N2O/c1-6-16(7-2,12-17-15(3,4)5)13-18-10-8-9-14(18)11-19/h14,17,19H,6-13H2,1-5H3. The molecule has 0 aromatic rings. The molecule has 1 aliphatic heterocycles. The highest BCUT2D eigenvalue weighted by Crippen LogP contribution is 2.31. The number of nitrogens with one attached hydrogen (secondary N) is 1. The number of hydrogen-bond acceptors (Lipinski definition) is 3. The monoisotopic (exact) mass is 270 g/mol. The molecular weight excluding hydrogens is 236 g/mol. The Morgan fingerprint density at radius 2 is 1.84 bits per heavy atom. The fourth-order valence-corrected chi connectivity index (χ4v) is 2.97. The lowest BCUT2D eigenvalue weighted by Crippen LogP contribution is -2.49. The second-order valence-electron chi connectivity index (χ2n) is 7.26. The molecule has 0 spiro atoms. The minimum atomic E-state index is 0.178. The summed E-state index contributed by atoms with van der Waals surface area (Å²) in [5, 5.41) is 13.2. The Morgan fingerprint density at radius 1 is 1.21 bits per heavy atom. The summed E-state index contributed by atoms with van der Waals surface area (Å²) in [6.45, 7) is 15.0. The number of nitrogens with zero attached hydrogens (tertiary/aromatic N) is 1. The van der Waals surface area contributed by atoms with Crippen molar-refractivity contribution in [1.29, 1.82) is 0 Å². The van der Waals surface area contributed by atoms with E-state index in [0.29, 0.717) is 18.1 Å². The third-order valence-corrected chi connectivity index (χ3v) is 4.74. The Bertz CT molecular complexity index is 256. The molecule has 1 atom stereocenters. The SMILES string of the molecule is CCC(CC)(CNC(C)(C)C)CN1CCCC1CO. The van der Waals surface area contributed by atoms with Gasteiger partial charge < -0.3 is 10.4 Å². The zero-order valence-electron chi connectivity index (χ0n) is 13.6. The van der Waals surface area contributed by atoms with Gasteiger partial charge in [-0.2, -0.15) is 0 Å². The quantitative estimate of drug-likeness (QED) is 0.746. The summed E-state index contributed by atoms with van der Waals surface area (Å²) in [5.41, 5.74) is 0.516. The predicted octanol–water partition coefficient (Wildman–Crippen LogP) is 2.64. The van der Waals surface area contributed by atoms with Gasteiger partial charge in [0.15, 0.2) is 0 Å². The van der Waals surface area contributed by atoms with E-state index in [9.17, 15) is 5.11 Å². The van der Waals surface area contributed by atoms with Crippen LogP contribution >= 0.6 is 0 Å². The van der Waals surface area contributed by atoms with Crippen LogP contribution in [-0.4, -0.2) is 47.8 Å². The topological polar surface area (TPSA) is 35.5 Å². The van der Waals surface area contributed by atoms with Crippen molar-refractivity contribution in [2.24, 2.45) is 5.41 Å². The van der Waals surface area contributed by atoms with Gasteiger partial charge in [-0.15, -0.1) is 0 Å². The van der Waals surface area contributed by atoms with Crippen LogP contribution in [0.3, 0.4) is 0 Å². The van der Waals surface area contributed by atoms with Gasteiger partial charge in [-0.25, -0.2) is 0 Å². The summed E-state index contributed by atoms with van der Waals surface area (Å²) >= 11 is 0. The summed E-state index contributed by atoms with van der Waals surface area (Å²) in [4.78, 5) is 2.51. The van der Waals surface area contributed by atoms with Gasteiger partial charge in [0, 0.05) is 24.7 Å². The van der Waals surface area contributed by atoms with Crippen molar-refractivity contribution >= 4 is 0 Å². The number of aliphatic hydroxyl groups excluding tert-OH is 1. The Balaban J connectivity index is 2.64. The molecule has 0 aromatic heterocycles. The van der Waals surface area contributed by atoms with Crippen molar-refractivity contribution in [1.82, 2.24) is 10.2 Å². The van der Waals surface area contributed by atoms with E-state index in [1.165, 1.54) is 19.3 Å². The average molecular weight is 270 g/mol. The second-order valence-corrected chi connectivity index (χ2v) is 7.26. The number of hydrogen-bond donors (Lipinski definition) is 2. The first-order chi connectivity index (χ1) is 8.86. The van der Waals surface area contributed by atoms with Gasteiger partial charge in [-0.1, -0.05) is 13.8 Å². The fourth-order valence-electron chi connectivity index (χ4n) is 2.97. The highest BCUT2D eigenvalue weighted by Gasteiger charge is 2.34. The van der Waals surface area contributed by atoms with Gasteiger partial charge in [0.25, 0.3) is 0 Å². The van der Waals surface area contributed by atoms with Gasteiger partial charge >= 0.3 is 0 Å². The van der Waals surface area contributed by atoms with E-state index < -0.39 is 0 Å². The highest BCUT2D eigenvalue weighted by atomic mass is 16.3. The van der Waals surface area contributed by atoms with Crippen LogP contribution < -0.4 is 5.32 Å². The Morgan fingerprint density at radius 3 is 2.32 bits per heavy atom. The third-order valence-electron chi connectivity index (χ3n) is 4.74. The van der Waals surface area contributed by atoms with E-state index in [-0.39, 0.29) is 5.54 Å². The Hall–Kier alpha value is -0.120. The van der Waals surface area contributed by atoms with E-state index in [2.05, 4.69) is 44.8 Å². The molecule has 1 heterocycles. The minimum absolute atomic E-state index is 0.178. The second kappa shape index (κ2) is 7.05. The molecule has 19 heavy (non-hydrogen) atoms. The summed E-state index contributed by atoms with van der Waals surface area (Å²) in [7, 11) is 0. The van der Waals surface area contributed by atoms with Crippen molar-refractivity contribution < 1.29 is 5.11 Å². The van der Waals surface area contributed by atoms with Gasteiger partial charge in [-0.3, -0.25) is 4.90 Å². The van der Waals surface area contributed by atoms with Crippen LogP contribution in [-0.2, 0) is 0 Å². The molecular formula is C16H34N2O. The van der Waals surface area contributed by atoms with Gasteiger partial charge in [0.05, 0.1) is 6.61 Å². The van der Waals surface area contributed by atoms with E-state index in [0.717, 1.165) is 26.1 Å². The lowest BCUT2D eigenvalue weighted by atomic mass is 9.80. The normalized spacial score (nSPS) is 22.1. The first-order valence-electron chi connectivity index (χ1n) is 7.96. The Labute approximate surface area is 119 Å². The zero-order valence-corrected chi connectivity index (χ0v) is 13.6. The van der Waals surface area contributed by atoms with Crippen LogP contribution in [0.15, 0.2) is 0 Å². The van der Waals surface area contributed by atoms with E-state index >= 15 is 0 Å². The molecule has 2 N–H and O–H groups in total. The van der Waals surface area contributed by atoms with E-state index in [4.69, 9.17) is 0 Å². The molecule has 0 bridgehead atoms. The molecule has 0 radical (unpaired) electrons. The summed E-state index contributed by atoms with van der Waals surface area (Å²) < 4.78 is 0. The molecule has 0 aromatic carbocycles. The van der Waals surface area contributed by atoms with Crippen LogP contribution in [0.4, 0.5) is 0 Å². The molecule has 3 nitrogen and oxygen atoms in total. The fraction of sp³-hybridized carbons (Fsp3) is 1.00. The van der Waals surface area contributed by atoms with Gasteiger partial charge in [0.1, 0.15) is 0 Å². The summed E-state index contributed by atoms with van der Waals surface area (Å²) in [5.74, 6) is 0. The van der Waals surface area contributed by atoms with Crippen LogP contribution in [0.1, 0.15) is 60.3 Å². The molecule has 0 amide bonds. The molecule has 1 fully saturated rings. The van der Waals surface area contributed by atoms with Crippen molar-refractivity contribution in [3.05, 3.63) is 0 Å². The molecule has 1 aliphatic rings. The average Bonchev–Trinajstić information content (AvgIpc) is 2.80. The van der Waals surface area contributed by atoms with Crippen LogP contribution in [0.2, 0.25) is 0 Å². The van der Waals surface area contributed by atoms with E-state index in [1.54, 1.807) is 0 Å². The van der Waals surface area contributed by atoms with Gasteiger partial charge in [0.2, 0.25) is 0 Å². The lowest BCUT2D eigenvalue weighted by molar-refractivity contribution is 0.0894. The number of likely N-dealkylation sites (tertiary alicyclic amines) is 1. The van der Waals surface area contributed by atoms with Crippen molar-refractivity contribution in [3.63, 3.8) is 0 Å². The molecule has 1 rings (SSSR count). The van der Waals surface area contributed by atoms with E-state index in [1.807, 2.05) is 0 Å². The van der Waals surface area contributed by atoms with Crippen LogP contribution in [0, 0.1) is 5.41 Å². The molecule has 0 aliphatic carbocycles. The first-order valence-corrected chi connectivity index (χ1v) is 7.96. The maximum atomic E-state index is 9.48. The lowest BCUT2D eigenvalue weighted by Gasteiger charge is -2.40. The largest absolute Gasteiger partial charge is 0.395 e. The van der Waals surface area contributed by atoms with Crippen molar-refractivity contribution in [3.8, 4) is 0 Å². The number of rotatable bonds is 7. The minimum Gasteiger partial charge on any atom is -0.395 e.